The molecule has 0 fully saturated rings. The Morgan fingerprint density at radius 2 is 2.33 bits per heavy atom. The van der Waals surface area contributed by atoms with Crippen LogP contribution in [0.2, 0.25) is 0 Å². The molecule has 0 aromatic heterocycles. The van der Waals surface area contributed by atoms with E-state index in [1.54, 1.807) is 0 Å². The summed E-state index contributed by atoms with van der Waals surface area (Å²) in [5.74, 6) is 1.01. The van der Waals surface area contributed by atoms with Crippen LogP contribution in [0.25, 0.3) is 0 Å². The minimum absolute atomic E-state index is 0.772. The molecule has 1 aromatic rings. The van der Waals surface area contributed by atoms with E-state index in [9.17, 15) is 0 Å². The van der Waals surface area contributed by atoms with E-state index < -0.39 is 0 Å². The molecule has 2 bridgehead atoms. The lowest BCUT2D eigenvalue weighted by atomic mass is 10.1. The lowest BCUT2D eigenvalue weighted by Gasteiger charge is -1.90. The summed E-state index contributed by atoms with van der Waals surface area (Å²) in [5, 5.41) is 0. The number of aryl methyl sites for hydroxylation is 1. The Bertz CT molecular complexity index is 240. The van der Waals surface area contributed by atoms with Crippen LogP contribution in [0.4, 0.5) is 0 Å². The Hall–Kier alpha value is -0.980. The second-order valence-corrected chi connectivity index (χ2v) is 2.38. The van der Waals surface area contributed by atoms with E-state index in [2.05, 4.69) is 19.1 Å². The molecule has 46 valence electrons. The van der Waals surface area contributed by atoms with Crippen LogP contribution in [0.5, 0.6) is 5.75 Å². The summed E-state index contributed by atoms with van der Waals surface area (Å²) < 4.78 is 5.26. The second-order valence-electron chi connectivity index (χ2n) is 2.38. The van der Waals surface area contributed by atoms with Crippen LogP contribution < -0.4 is 4.74 Å². The number of benzene rings is 1. The molecule has 0 atom stereocenters. The van der Waals surface area contributed by atoms with Crippen LogP contribution in [0.1, 0.15) is 11.1 Å². The van der Waals surface area contributed by atoms with Crippen LogP contribution in [-0.4, -0.2) is 0 Å². The van der Waals surface area contributed by atoms with Crippen LogP contribution in [0.3, 0.4) is 0 Å². The molecule has 2 rings (SSSR count). The van der Waals surface area contributed by atoms with Gasteiger partial charge in [0.1, 0.15) is 12.4 Å². The van der Waals surface area contributed by atoms with Crippen molar-refractivity contribution in [3.8, 4) is 5.75 Å². The first-order valence-electron chi connectivity index (χ1n) is 3.08. The van der Waals surface area contributed by atoms with Gasteiger partial charge in [-0.25, -0.2) is 0 Å². The Kier molecular flexibility index (Phi) is 0.810. The average molecular weight is 120 g/mol. The highest BCUT2D eigenvalue weighted by Gasteiger charge is 2.07. The molecule has 9 heavy (non-hydrogen) atoms. The average Bonchev–Trinajstić information content (AvgIpc) is 2.25. The molecule has 1 heterocycles. The van der Waals surface area contributed by atoms with Crippen molar-refractivity contribution >= 4 is 0 Å². The molecule has 0 unspecified atom stereocenters. The van der Waals surface area contributed by atoms with Crippen LogP contribution in [-0.2, 0) is 6.61 Å². The molecule has 1 aliphatic rings. The van der Waals surface area contributed by atoms with E-state index in [0.29, 0.717) is 0 Å². The third-order valence-corrected chi connectivity index (χ3v) is 1.71. The van der Waals surface area contributed by atoms with Gasteiger partial charge in [0, 0.05) is 0 Å². The van der Waals surface area contributed by atoms with Crippen LogP contribution in [0, 0.1) is 6.92 Å². The van der Waals surface area contributed by atoms with Crippen molar-refractivity contribution in [3.63, 3.8) is 0 Å². The topological polar surface area (TPSA) is 9.23 Å². The third-order valence-electron chi connectivity index (χ3n) is 1.71. The van der Waals surface area contributed by atoms with Gasteiger partial charge in [-0.3, -0.25) is 0 Å². The third kappa shape index (κ3) is 0.611. The fourth-order valence-corrected chi connectivity index (χ4v) is 1.05. The molecule has 1 aromatic carbocycles. The maximum Gasteiger partial charge on any atom is 0.120 e. The molecule has 0 N–H and O–H groups in total. The number of hydrogen-bond donors (Lipinski definition) is 0. The Morgan fingerprint density at radius 1 is 1.44 bits per heavy atom. The number of hydrogen-bond acceptors (Lipinski definition) is 1. The first kappa shape index (κ1) is 4.86. The highest BCUT2D eigenvalue weighted by atomic mass is 16.5. The summed E-state index contributed by atoms with van der Waals surface area (Å²) >= 11 is 0. The van der Waals surface area contributed by atoms with E-state index in [0.717, 1.165) is 12.4 Å². The Labute approximate surface area is 54.3 Å². The van der Waals surface area contributed by atoms with Gasteiger partial charge in [-0.2, -0.15) is 0 Å². The summed E-state index contributed by atoms with van der Waals surface area (Å²) in [4.78, 5) is 0. The maximum absolute atomic E-state index is 5.26. The highest BCUT2D eigenvalue weighted by molar-refractivity contribution is 5.38. The van der Waals surface area contributed by atoms with E-state index in [4.69, 9.17) is 4.74 Å². The molecule has 0 saturated carbocycles. The zero-order chi connectivity index (χ0) is 6.27. The normalized spacial score (nSPS) is 13.4. The van der Waals surface area contributed by atoms with E-state index >= 15 is 0 Å². The van der Waals surface area contributed by atoms with Gasteiger partial charge in [-0.15, -0.1) is 0 Å². The van der Waals surface area contributed by atoms with Gasteiger partial charge in [-0.05, 0) is 30.2 Å². The first-order valence-corrected chi connectivity index (χ1v) is 3.08. The second kappa shape index (κ2) is 1.50. The van der Waals surface area contributed by atoms with Gasteiger partial charge in [0.25, 0.3) is 0 Å². The molecule has 0 radical (unpaired) electrons. The van der Waals surface area contributed by atoms with Crippen molar-refractivity contribution in [2.24, 2.45) is 0 Å². The van der Waals surface area contributed by atoms with E-state index in [-0.39, 0.29) is 0 Å². The molecule has 1 nitrogen and oxygen atoms in total. The fraction of sp³-hybridized carbons (Fsp3) is 0.250. The van der Waals surface area contributed by atoms with Crippen molar-refractivity contribution < 1.29 is 4.74 Å². The van der Waals surface area contributed by atoms with Gasteiger partial charge in [0.05, 0.1) is 0 Å². The van der Waals surface area contributed by atoms with Gasteiger partial charge >= 0.3 is 0 Å². The summed E-state index contributed by atoms with van der Waals surface area (Å²) in [6, 6.07) is 6.19. The number of rotatable bonds is 0. The number of ether oxygens (including phenoxy) is 1. The minimum atomic E-state index is 0.772. The molecule has 0 spiro atoms. The largest absolute Gasteiger partial charge is 0.489 e. The summed E-state index contributed by atoms with van der Waals surface area (Å²) in [6.07, 6.45) is 0. The summed E-state index contributed by atoms with van der Waals surface area (Å²) in [6.45, 7) is 2.88. The zero-order valence-corrected chi connectivity index (χ0v) is 5.35. The molecule has 1 aliphatic heterocycles. The lowest BCUT2D eigenvalue weighted by Crippen LogP contribution is -1.84. The standard InChI is InChI=1S/C8H8O/c1-6-2-3-8-4-7(6)5-9-8/h2-4H,5H2,1H3. The fourth-order valence-electron chi connectivity index (χ4n) is 1.05. The summed E-state index contributed by atoms with van der Waals surface area (Å²) in [7, 11) is 0. The quantitative estimate of drug-likeness (QED) is 0.508. The Balaban J connectivity index is 2.65. The highest BCUT2D eigenvalue weighted by Crippen LogP contribution is 2.24. The first-order chi connectivity index (χ1) is 4.36. The SMILES string of the molecule is Cc1ccc2cc1CO2. The van der Waals surface area contributed by atoms with Gasteiger partial charge in [-0.1, -0.05) is 6.07 Å². The molecule has 0 amide bonds. The van der Waals surface area contributed by atoms with Gasteiger partial charge < -0.3 is 4.74 Å². The van der Waals surface area contributed by atoms with Crippen molar-refractivity contribution in [1.29, 1.82) is 0 Å². The monoisotopic (exact) mass is 120 g/mol. The van der Waals surface area contributed by atoms with E-state index in [1.165, 1.54) is 11.1 Å². The molecule has 0 aliphatic carbocycles. The van der Waals surface area contributed by atoms with Crippen LogP contribution >= 0.6 is 0 Å². The predicted octanol–water partition coefficient (Wildman–Crippen LogP) is 1.89. The number of fused-ring (bicyclic) bond motifs is 2. The molecule has 0 saturated heterocycles. The lowest BCUT2D eigenvalue weighted by molar-refractivity contribution is 0.327. The van der Waals surface area contributed by atoms with Crippen molar-refractivity contribution in [3.05, 3.63) is 29.3 Å². The molecular weight excluding hydrogens is 112 g/mol. The van der Waals surface area contributed by atoms with Crippen molar-refractivity contribution in [1.82, 2.24) is 0 Å². The molecular formula is C8H8O. The minimum Gasteiger partial charge on any atom is -0.489 e. The predicted molar refractivity (Wildman–Crippen MR) is 35.5 cm³/mol. The Morgan fingerprint density at radius 3 is 3.11 bits per heavy atom. The molecule has 1 heteroatoms. The smallest absolute Gasteiger partial charge is 0.120 e. The van der Waals surface area contributed by atoms with E-state index in [1.807, 2.05) is 6.07 Å². The van der Waals surface area contributed by atoms with Crippen molar-refractivity contribution in [2.45, 2.75) is 13.5 Å². The van der Waals surface area contributed by atoms with Gasteiger partial charge in [0.15, 0.2) is 0 Å². The van der Waals surface area contributed by atoms with Crippen molar-refractivity contribution in [2.75, 3.05) is 0 Å². The van der Waals surface area contributed by atoms with Crippen LogP contribution in [0.15, 0.2) is 18.2 Å². The zero-order valence-electron chi connectivity index (χ0n) is 5.35. The summed E-state index contributed by atoms with van der Waals surface area (Å²) in [5.41, 5.74) is 2.66. The maximum atomic E-state index is 5.26. The van der Waals surface area contributed by atoms with Gasteiger partial charge in [0.2, 0.25) is 0 Å².